The zero-order valence-corrected chi connectivity index (χ0v) is 11.4. The molecule has 14 heavy (non-hydrogen) atoms. The van der Waals surface area contributed by atoms with Gasteiger partial charge < -0.3 is 0 Å². The third-order valence-electron chi connectivity index (χ3n) is 2.01. The van der Waals surface area contributed by atoms with Crippen molar-refractivity contribution in [2.24, 2.45) is 5.92 Å². The maximum Gasteiger partial charge on any atom is 0.0594 e. The molecule has 0 N–H and O–H groups in total. The lowest BCUT2D eigenvalue weighted by molar-refractivity contribution is 0.645. The van der Waals surface area contributed by atoms with Gasteiger partial charge in [-0.2, -0.15) is 0 Å². The van der Waals surface area contributed by atoms with Crippen molar-refractivity contribution < 1.29 is 0 Å². The van der Waals surface area contributed by atoms with Crippen LogP contribution >= 0.6 is 39.1 Å². The van der Waals surface area contributed by atoms with E-state index in [2.05, 4.69) is 35.8 Å². The Bertz CT molecular complexity index is 321. The fourth-order valence-electron chi connectivity index (χ4n) is 1.33. The molecule has 78 valence electrons. The highest BCUT2D eigenvalue weighted by Gasteiger charge is 2.09. The van der Waals surface area contributed by atoms with Gasteiger partial charge in [-0.25, -0.2) is 0 Å². The van der Waals surface area contributed by atoms with E-state index in [9.17, 15) is 0 Å². The van der Waals surface area contributed by atoms with Gasteiger partial charge >= 0.3 is 0 Å². The van der Waals surface area contributed by atoms with Crippen molar-refractivity contribution in [3.05, 3.63) is 32.8 Å². The lowest BCUT2D eigenvalue weighted by Gasteiger charge is -2.10. The topological polar surface area (TPSA) is 0 Å². The number of alkyl halides is 1. The zero-order chi connectivity index (χ0) is 10.7. The molecule has 0 fully saturated rings. The molecule has 0 aromatic heterocycles. The molecule has 0 unspecified atom stereocenters. The van der Waals surface area contributed by atoms with Gasteiger partial charge in [-0.3, -0.25) is 0 Å². The quantitative estimate of drug-likeness (QED) is 0.685. The summed E-state index contributed by atoms with van der Waals surface area (Å²) in [7, 11) is 0. The first-order chi connectivity index (χ1) is 6.56. The highest BCUT2D eigenvalue weighted by Crippen LogP contribution is 2.32. The molecule has 1 rings (SSSR count). The molecule has 0 bridgehead atoms. The summed E-state index contributed by atoms with van der Waals surface area (Å²) in [5.74, 6) is 1.09. The van der Waals surface area contributed by atoms with Gasteiger partial charge in [-0.05, 0) is 39.4 Å². The minimum Gasteiger partial charge on any atom is -0.121 e. The normalized spacial score (nSPS) is 11.0. The molecule has 0 radical (unpaired) electrons. The first kappa shape index (κ1) is 12.4. The molecule has 0 spiro atoms. The Morgan fingerprint density at radius 3 is 2.36 bits per heavy atom. The third kappa shape index (κ3) is 2.88. The Morgan fingerprint density at radius 1 is 1.29 bits per heavy atom. The highest BCUT2D eigenvalue weighted by atomic mass is 79.9. The Hall–Kier alpha value is 0.280. The van der Waals surface area contributed by atoms with Crippen LogP contribution in [0.5, 0.6) is 0 Å². The van der Waals surface area contributed by atoms with Gasteiger partial charge in [0.2, 0.25) is 0 Å². The number of hydrogen-bond donors (Lipinski definition) is 0. The molecular formula is C11H13BrCl2. The molecule has 3 heteroatoms. The molecule has 0 aliphatic rings. The van der Waals surface area contributed by atoms with E-state index in [-0.39, 0.29) is 0 Å². The SMILES string of the molecule is CC(C)Cc1ccc(CCl)c(Cl)c1Br. The molecule has 0 aliphatic carbocycles. The second kappa shape index (κ2) is 5.39. The molecule has 0 amide bonds. The standard InChI is InChI=1S/C11H13BrCl2/c1-7(2)5-8-3-4-9(6-13)11(14)10(8)12/h3-4,7H,5-6H2,1-2H3. The lowest BCUT2D eigenvalue weighted by Crippen LogP contribution is -1.96. The van der Waals surface area contributed by atoms with Crippen LogP contribution < -0.4 is 0 Å². The Kier molecular flexibility index (Phi) is 4.75. The number of rotatable bonds is 3. The van der Waals surface area contributed by atoms with E-state index >= 15 is 0 Å². The molecule has 0 heterocycles. The van der Waals surface area contributed by atoms with E-state index in [1.807, 2.05) is 6.07 Å². The van der Waals surface area contributed by atoms with Crippen LogP contribution in [0.15, 0.2) is 16.6 Å². The summed E-state index contributed by atoms with van der Waals surface area (Å²) in [5, 5.41) is 0.748. The van der Waals surface area contributed by atoms with E-state index in [4.69, 9.17) is 23.2 Å². The van der Waals surface area contributed by atoms with Crippen LogP contribution in [0.2, 0.25) is 5.02 Å². The van der Waals surface area contributed by atoms with E-state index in [1.54, 1.807) is 0 Å². The fourth-order valence-corrected chi connectivity index (χ4v) is 2.42. The maximum absolute atomic E-state index is 6.15. The van der Waals surface area contributed by atoms with E-state index in [0.29, 0.717) is 11.8 Å². The van der Waals surface area contributed by atoms with E-state index in [1.165, 1.54) is 5.56 Å². The number of benzene rings is 1. The Balaban J connectivity index is 3.04. The summed E-state index contributed by atoms with van der Waals surface area (Å²) in [6, 6.07) is 4.09. The summed E-state index contributed by atoms with van der Waals surface area (Å²) >= 11 is 15.4. The Morgan fingerprint density at radius 2 is 1.86 bits per heavy atom. The molecule has 0 nitrogen and oxygen atoms in total. The van der Waals surface area contributed by atoms with Crippen molar-refractivity contribution in [1.82, 2.24) is 0 Å². The van der Waals surface area contributed by atoms with Crippen molar-refractivity contribution in [3.8, 4) is 0 Å². The first-order valence-corrected chi connectivity index (χ1v) is 6.28. The number of halogens is 3. The van der Waals surface area contributed by atoms with Crippen molar-refractivity contribution >= 4 is 39.1 Å². The molecule has 0 saturated carbocycles. The van der Waals surface area contributed by atoms with Gasteiger partial charge in [0, 0.05) is 10.4 Å². The van der Waals surface area contributed by atoms with Gasteiger partial charge in [0.1, 0.15) is 0 Å². The summed E-state index contributed by atoms with van der Waals surface area (Å²) < 4.78 is 0.992. The van der Waals surface area contributed by atoms with Gasteiger partial charge in [0.05, 0.1) is 5.02 Å². The third-order valence-corrected chi connectivity index (χ3v) is 3.87. The summed E-state index contributed by atoms with van der Waals surface area (Å²) in [4.78, 5) is 0. The average molecular weight is 296 g/mol. The molecule has 1 aromatic rings. The summed E-state index contributed by atoms with van der Waals surface area (Å²) in [5.41, 5.74) is 2.23. The Labute approximate surface area is 104 Å². The predicted molar refractivity (Wildman–Crippen MR) is 67.3 cm³/mol. The molecular weight excluding hydrogens is 283 g/mol. The molecule has 1 aromatic carbocycles. The van der Waals surface area contributed by atoms with Crippen LogP contribution in [-0.2, 0) is 12.3 Å². The van der Waals surface area contributed by atoms with Crippen LogP contribution in [0.1, 0.15) is 25.0 Å². The summed E-state index contributed by atoms with van der Waals surface area (Å²) in [6.07, 6.45) is 1.03. The van der Waals surface area contributed by atoms with Crippen molar-refractivity contribution in [1.29, 1.82) is 0 Å². The van der Waals surface area contributed by atoms with Crippen LogP contribution in [0, 0.1) is 5.92 Å². The van der Waals surface area contributed by atoms with Crippen molar-refractivity contribution in [2.75, 3.05) is 0 Å². The lowest BCUT2D eigenvalue weighted by atomic mass is 10.0. The van der Waals surface area contributed by atoms with Crippen molar-refractivity contribution in [2.45, 2.75) is 26.1 Å². The van der Waals surface area contributed by atoms with Gasteiger partial charge in [-0.15, -0.1) is 11.6 Å². The highest BCUT2D eigenvalue weighted by molar-refractivity contribution is 9.10. The monoisotopic (exact) mass is 294 g/mol. The minimum atomic E-state index is 0.458. The first-order valence-electron chi connectivity index (χ1n) is 4.58. The zero-order valence-electron chi connectivity index (χ0n) is 8.28. The molecule has 0 atom stereocenters. The van der Waals surface area contributed by atoms with E-state index in [0.717, 1.165) is 21.5 Å². The second-order valence-corrected chi connectivity index (χ2v) is 5.18. The summed E-state index contributed by atoms with van der Waals surface area (Å²) in [6.45, 7) is 4.38. The second-order valence-electron chi connectivity index (χ2n) is 3.74. The molecule has 0 aliphatic heterocycles. The largest absolute Gasteiger partial charge is 0.121 e. The van der Waals surface area contributed by atoms with Crippen LogP contribution in [0.25, 0.3) is 0 Å². The van der Waals surface area contributed by atoms with Crippen LogP contribution in [0.4, 0.5) is 0 Å². The molecule has 0 saturated heterocycles. The maximum atomic E-state index is 6.15. The van der Waals surface area contributed by atoms with Crippen LogP contribution in [0.3, 0.4) is 0 Å². The van der Waals surface area contributed by atoms with Gasteiger partial charge in [0.25, 0.3) is 0 Å². The smallest absolute Gasteiger partial charge is 0.0594 e. The average Bonchev–Trinajstić information content (AvgIpc) is 2.13. The van der Waals surface area contributed by atoms with Gasteiger partial charge in [0.15, 0.2) is 0 Å². The van der Waals surface area contributed by atoms with Crippen LogP contribution in [-0.4, -0.2) is 0 Å². The van der Waals surface area contributed by atoms with Gasteiger partial charge in [-0.1, -0.05) is 37.6 Å². The number of hydrogen-bond acceptors (Lipinski definition) is 0. The predicted octanol–water partition coefficient (Wildman–Crippen LogP) is 5.04. The minimum absolute atomic E-state index is 0.458. The fraction of sp³-hybridized carbons (Fsp3) is 0.455. The van der Waals surface area contributed by atoms with E-state index < -0.39 is 0 Å². The van der Waals surface area contributed by atoms with Crippen molar-refractivity contribution in [3.63, 3.8) is 0 Å².